The van der Waals surface area contributed by atoms with E-state index in [-0.39, 0.29) is 17.2 Å². The SMILES string of the molecule is O=C1NC[C@H](c2ccccc2Cl)C12CCCC2. The molecule has 1 saturated heterocycles. The van der Waals surface area contributed by atoms with Crippen LogP contribution in [-0.4, -0.2) is 12.5 Å². The van der Waals surface area contributed by atoms with E-state index in [1.807, 2.05) is 18.2 Å². The van der Waals surface area contributed by atoms with Gasteiger partial charge in [-0.15, -0.1) is 0 Å². The summed E-state index contributed by atoms with van der Waals surface area (Å²) in [5.41, 5.74) is 0.958. The predicted molar refractivity (Wildman–Crippen MR) is 68.1 cm³/mol. The maximum Gasteiger partial charge on any atom is 0.226 e. The number of carbonyl (C=O) groups is 1. The summed E-state index contributed by atoms with van der Waals surface area (Å²) in [4.78, 5) is 12.1. The summed E-state index contributed by atoms with van der Waals surface area (Å²) >= 11 is 6.27. The molecule has 1 aliphatic carbocycles. The van der Waals surface area contributed by atoms with Gasteiger partial charge in [-0.1, -0.05) is 42.6 Å². The molecule has 2 fully saturated rings. The fourth-order valence-electron chi connectivity index (χ4n) is 3.47. The van der Waals surface area contributed by atoms with Gasteiger partial charge in [0.05, 0.1) is 5.41 Å². The number of hydrogen-bond acceptors (Lipinski definition) is 1. The van der Waals surface area contributed by atoms with Gasteiger partial charge in [-0.25, -0.2) is 0 Å². The molecule has 1 aromatic carbocycles. The van der Waals surface area contributed by atoms with Gasteiger partial charge in [-0.05, 0) is 24.5 Å². The minimum absolute atomic E-state index is 0.176. The average Bonchev–Trinajstić information content (AvgIpc) is 2.92. The van der Waals surface area contributed by atoms with Crippen LogP contribution in [0.3, 0.4) is 0 Å². The third-order valence-electron chi connectivity index (χ3n) is 4.36. The Labute approximate surface area is 106 Å². The molecular weight excluding hydrogens is 234 g/mol. The molecule has 1 saturated carbocycles. The van der Waals surface area contributed by atoms with Crippen molar-refractivity contribution in [1.82, 2.24) is 5.32 Å². The van der Waals surface area contributed by atoms with Gasteiger partial charge in [0.2, 0.25) is 5.91 Å². The maximum atomic E-state index is 12.1. The summed E-state index contributed by atoms with van der Waals surface area (Å²) in [5.74, 6) is 0.492. The number of nitrogens with one attached hydrogen (secondary N) is 1. The summed E-state index contributed by atoms with van der Waals surface area (Å²) in [5, 5.41) is 3.82. The third-order valence-corrected chi connectivity index (χ3v) is 4.71. The first kappa shape index (κ1) is 11.1. The zero-order valence-corrected chi connectivity index (χ0v) is 10.5. The second-order valence-corrected chi connectivity index (χ2v) is 5.55. The Balaban J connectivity index is 2.03. The Morgan fingerprint density at radius 3 is 2.65 bits per heavy atom. The number of halogens is 1. The van der Waals surface area contributed by atoms with E-state index in [0.717, 1.165) is 42.8 Å². The molecule has 3 rings (SSSR count). The van der Waals surface area contributed by atoms with Crippen LogP contribution in [0, 0.1) is 5.41 Å². The molecule has 2 aliphatic rings. The first-order chi connectivity index (χ1) is 8.24. The molecule has 17 heavy (non-hydrogen) atoms. The van der Waals surface area contributed by atoms with E-state index in [0.29, 0.717) is 0 Å². The minimum atomic E-state index is -0.176. The van der Waals surface area contributed by atoms with Crippen LogP contribution in [0.4, 0.5) is 0 Å². The minimum Gasteiger partial charge on any atom is -0.355 e. The van der Waals surface area contributed by atoms with E-state index in [9.17, 15) is 4.79 Å². The number of carbonyl (C=O) groups excluding carboxylic acids is 1. The highest BCUT2D eigenvalue weighted by Crippen LogP contribution is 2.52. The smallest absolute Gasteiger partial charge is 0.226 e. The number of benzene rings is 1. The Hall–Kier alpha value is -1.02. The monoisotopic (exact) mass is 249 g/mol. The molecule has 1 aliphatic heterocycles. The standard InChI is InChI=1S/C14H16ClNO/c15-12-6-2-1-5-10(12)11-9-16-13(17)14(11)7-3-4-8-14/h1-2,5-6,11H,3-4,7-9H2,(H,16,17)/t11-/m1/s1. The first-order valence-electron chi connectivity index (χ1n) is 6.27. The maximum absolute atomic E-state index is 12.1. The molecule has 1 atom stereocenters. The highest BCUT2D eigenvalue weighted by Gasteiger charge is 2.52. The van der Waals surface area contributed by atoms with E-state index >= 15 is 0 Å². The molecule has 0 aromatic heterocycles. The van der Waals surface area contributed by atoms with Gasteiger partial charge in [-0.2, -0.15) is 0 Å². The predicted octanol–water partition coefficient (Wildman–Crippen LogP) is 3.11. The highest BCUT2D eigenvalue weighted by molar-refractivity contribution is 6.31. The molecule has 1 aromatic rings. The van der Waals surface area contributed by atoms with Crippen molar-refractivity contribution in [3.05, 3.63) is 34.9 Å². The summed E-state index contributed by atoms with van der Waals surface area (Å²) in [7, 11) is 0. The lowest BCUT2D eigenvalue weighted by Gasteiger charge is -2.28. The molecule has 0 radical (unpaired) electrons. The largest absolute Gasteiger partial charge is 0.355 e. The van der Waals surface area contributed by atoms with Crippen LogP contribution in [0.15, 0.2) is 24.3 Å². The zero-order chi connectivity index (χ0) is 11.9. The lowest BCUT2D eigenvalue weighted by Crippen LogP contribution is -2.31. The van der Waals surface area contributed by atoms with Crippen molar-refractivity contribution in [3.8, 4) is 0 Å². The lowest BCUT2D eigenvalue weighted by molar-refractivity contribution is -0.127. The summed E-state index contributed by atoms with van der Waals surface area (Å²) in [6, 6.07) is 7.93. The van der Waals surface area contributed by atoms with Crippen molar-refractivity contribution in [2.75, 3.05) is 6.54 Å². The van der Waals surface area contributed by atoms with Crippen LogP contribution in [-0.2, 0) is 4.79 Å². The number of rotatable bonds is 1. The second kappa shape index (κ2) is 4.02. The van der Waals surface area contributed by atoms with Crippen molar-refractivity contribution in [3.63, 3.8) is 0 Å². The Bertz CT molecular complexity index is 451. The highest BCUT2D eigenvalue weighted by atomic mass is 35.5. The van der Waals surface area contributed by atoms with Gasteiger partial charge in [0, 0.05) is 17.5 Å². The molecule has 2 nitrogen and oxygen atoms in total. The average molecular weight is 250 g/mol. The van der Waals surface area contributed by atoms with Crippen LogP contribution >= 0.6 is 11.6 Å². The molecule has 0 bridgehead atoms. The van der Waals surface area contributed by atoms with Gasteiger partial charge in [0.1, 0.15) is 0 Å². The molecular formula is C14H16ClNO. The lowest BCUT2D eigenvalue weighted by atomic mass is 9.73. The Kier molecular flexibility index (Phi) is 2.62. The quantitative estimate of drug-likeness (QED) is 0.814. The fraction of sp³-hybridized carbons (Fsp3) is 0.500. The van der Waals surface area contributed by atoms with E-state index in [4.69, 9.17) is 11.6 Å². The van der Waals surface area contributed by atoms with Crippen molar-refractivity contribution >= 4 is 17.5 Å². The van der Waals surface area contributed by atoms with Gasteiger partial charge in [0.15, 0.2) is 0 Å². The third kappa shape index (κ3) is 1.58. The molecule has 1 heterocycles. The van der Waals surface area contributed by atoms with Gasteiger partial charge < -0.3 is 5.32 Å². The molecule has 1 spiro atoms. The van der Waals surface area contributed by atoms with Crippen molar-refractivity contribution in [1.29, 1.82) is 0 Å². The van der Waals surface area contributed by atoms with Crippen LogP contribution in [0.25, 0.3) is 0 Å². The summed E-state index contributed by atoms with van der Waals surface area (Å²) < 4.78 is 0. The first-order valence-corrected chi connectivity index (χ1v) is 6.64. The molecule has 0 unspecified atom stereocenters. The van der Waals surface area contributed by atoms with Crippen LogP contribution in [0.1, 0.15) is 37.2 Å². The van der Waals surface area contributed by atoms with Crippen LogP contribution in [0.5, 0.6) is 0 Å². The van der Waals surface area contributed by atoms with Crippen LogP contribution in [0.2, 0.25) is 5.02 Å². The Morgan fingerprint density at radius 1 is 1.24 bits per heavy atom. The van der Waals surface area contributed by atoms with Gasteiger partial charge in [0.25, 0.3) is 0 Å². The molecule has 1 amide bonds. The van der Waals surface area contributed by atoms with Crippen molar-refractivity contribution in [2.24, 2.45) is 5.41 Å². The van der Waals surface area contributed by atoms with Gasteiger partial charge >= 0.3 is 0 Å². The van der Waals surface area contributed by atoms with Crippen LogP contribution < -0.4 is 5.32 Å². The fourth-order valence-corrected chi connectivity index (χ4v) is 3.74. The topological polar surface area (TPSA) is 29.1 Å². The summed E-state index contributed by atoms with van der Waals surface area (Å²) in [6.07, 6.45) is 4.34. The second-order valence-electron chi connectivity index (χ2n) is 5.15. The zero-order valence-electron chi connectivity index (χ0n) is 9.71. The van der Waals surface area contributed by atoms with E-state index in [2.05, 4.69) is 11.4 Å². The van der Waals surface area contributed by atoms with Crippen molar-refractivity contribution < 1.29 is 4.79 Å². The Morgan fingerprint density at radius 2 is 1.94 bits per heavy atom. The number of hydrogen-bond donors (Lipinski definition) is 1. The normalized spacial score (nSPS) is 26.4. The van der Waals surface area contributed by atoms with E-state index in [1.165, 1.54) is 0 Å². The van der Waals surface area contributed by atoms with Crippen molar-refractivity contribution in [2.45, 2.75) is 31.6 Å². The van der Waals surface area contributed by atoms with E-state index in [1.54, 1.807) is 0 Å². The summed E-state index contributed by atoms with van der Waals surface area (Å²) in [6.45, 7) is 0.739. The molecule has 1 N–H and O–H groups in total. The number of amides is 1. The van der Waals surface area contributed by atoms with Gasteiger partial charge in [-0.3, -0.25) is 4.79 Å². The molecule has 90 valence electrons. The molecule has 3 heteroatoms. The van der Waals surface area contributed by atoms with E-state index < -0.39 is 0 Å².